The first kappa shape index (κ1) is 13.6. The molecule has 21 heavy (non-hydrogen) atoms. The van der Waals surface area contributed by atoms with Gasteiger partial charge in [0.25, 0.3) is 0 Å². The van der Waals surface area contributed by atoms with Gasteiger partial charge in [0.2, 0.25) is 5.91 Å². The van der Waals surface area contributed by atoms with E-state index in [9.17, 15) is 9.90 Å². The van der Waals surface area contributed by atoms with E-state index in [-0.39, 0.29) is 17.9 Å². The number of hydrogen-bond acceptors (Lipinski definition) is 3. The molecule has 4 atom stereocenters. The minimum absolute atomic E-state index is 0.0535. The van der Waals surface area contributed by atoms with Gasteiger partial charge in [-0.05, 0) is 62.7 Å². The largest absolute Gasteiger partial charge is 0.390 e. The van der Waals surface area contributed by atoms with Crippen LogP contribution < -0.4 is 0 Å². The van der Waals surface area contributed by atoms with Crippen molar-refractivity contribution in [1.82, 2.24) is 4.90 Å². The summed E-state index contributed by atoms with van der Waals surface area (Å²) in [5, 5.41) is 20.2. The number of carbonyl (C=O) groups is 1. The summed E-state index contributed by atoms with van der Waals surface area (Å²) < 4.78 is 0. The molecule has 1 N–H and O–H groups in total. The zero-order chi connectivity index (χ0) is 14.6. The first-order valence-corrected chi connectivity index (χ1v) is 8.35. The number of nitrogens with zero attached hydrogens (tertiary/aromatic N) is 2. The van der Waals surface area contributed by atoms with Crippen molar-refractivity contribution in [2.24, 2.45) is 17.8 Å². The van der Waals surface area contributed by atoms with Crippen LogP contribution in [-0.2, 0) is 4.79 Å². The Labute approximate surface area is 126 Å². The molecular formula is C17H23N2O2. The zero-order valence-electron chi connectivity index (χ0n) is 12.4. The predicted octanol–water partition coefficient (Wildman–Crippen LogP) is 2.04. The number of nitriles is 1. The molecule has 0 aromatic rings. The first-order chi connectivity index (χ1) is 10.1. The third-order valence-corrected chi connectivity index (χ3v) is 6.30. The molecule has 1 radical (unpaired) electrons. The van der Waals surface area contributed by atoms with Gasteiger partial charge in [-0.15, -0.1) is 0 Å². The van der Waals surface area contributed by atoms with Gasteiger partial charge in [0, 0.05) is 18.9 Å². The van der Waals surface area contributed by atoms with Crippen molar-refractivity contribution in [2.45, 2.75) is 63.0 Å². The second-order valence-electron chi connectivity index (χ2n) is 7.68. The quantitative estimate of drug-likeness (QED) is 0.845. The number of rotatable bonds is 2. The van der Waals surface area contributed by atoms with Crippen LogP contribution in [0.2, 0.25) is 0 Å². The molecule has 1 amide bonds. The molecule has 0 aromatic carbocycles. The van der Waals surface area contributed by atoms with Crippen molar-refractivity contribution in [2.75, 3.05) is 6.54 Å². The smallest absolute Gasteiger partial charge is 0.224 e. The van der Waals surface area contributed by atoms with Crippen LogP contribution in [0.15, 0.2) is 0 Å². The molecule has 113 valence electrons. The van der Waals surface area contributed by atoms with Crippen LogP contribution in [0, 0.1) is 35.0 Å². The molecule has 4 saturated carbocycles. The zero-order valence-corrected chi connectivity index (χ0v) is 12.4. The maximum Gasteiger partial charge on any atom is 0.224 e. The lowest BCUT2D eigenvalue weighted by molar-refractivity contribution is -0.149. The van der Waals surface area contributed by atoms with E-state index in [0.29, 0.717) is 24.8 Å². The van der Waals surface area contributed by atoms with Gasteiger partial charge in [0.1, 0.15) is 6.04 Å². The van der Waals surface area contributed by atoms with Crippen LogP contribution in [0.25, 0.3) is 0 Å². The molecule has 1 saturated heterocycles. The van der Waals surface area contributed by atoms with Crippen LogP contribution >= 0.6 is 0 Å². The maximum absolute atomic E-state index is 12.6. The van der Waals surface area contributed by atoms with E-state index in [1.807, 2.05) is 0 Å². The Morgan fingerprint density at radius 1 is 1.38 bits per heavy atom. The van der Waals surface area contributed by atoms with Crippen LogP contribution in [0.4, 0.5) is 0 Å². The van der Waals surface area contributed by atoms with E-state index in [1.165, 1.54) is 12.3 Å². The van der Waals surface area contributed by atoms with Gasteiger partial charge < -0.3 is 10.0 Å². The van der Waals surface area contributed by atoms with Crippen LogP contribution in [0.5, 0.6) is 0 Å². The molecule has 0 aromatic heterocycles. The number of hydrogen-bond donors (Lipinski definition) is 1. The second kappa shape index (κ2) is 4.71. The highest BCUT2D eigenvalue weighted by Gasteiger charge is 2.57. The fraction of sp³-hybridized carbons (Fsp3) is 0.824. The highest BCUT2D eigenvalue weighted by molar-refractivity contribution is 5.78. The lowest BCUT2D eigenvalue weighted by Gasteiger charge is -2.58. The normalized spacial score (nSPS) is 45.0. The van der Waals surface area contributed by atoms with Crippen molar-refractivity contribution >= 4 is 5.91 Å². The summed E-state index contributed by atoms with van der Waals surface area (Å²) in [5.74, 6) is 2.89. The average molecular weight is 287 g/mol. The van der Waals surface area contributed by atoms with E-state index >= 15 is 0 Å². The molecule has 5 aliphatic rings. The highest BCUT2D eigenvalue weighted by atomic mass is 16.3. The van der Waals surface area contributed by atoms with Gasteiger partial charge in [-0.2, -0.15) is 5.26 Å². The summed E-state index contributed by atoms with van der Waals surface area (Å²) in [4.78, 5) is 14.3. The minimum Gasteiger partial charge on any atom is -0.390 e. The van der Waals surface area contributed by atoms with E-state index in [1.54, 1.807) is 4.90 Å². The first-order valence-electron chi connectivity index (χ1n) is 8.35. The number of aliphatic hydroxyl groups is 1. The lowest BCUT2D eigenvalue weighted by Crippen LogP contribution is -2.57. The van der Waals surface area contributed by atoms with Crippen molar-refractivity contribution in [1.29, 1.82) is 5.26 Å². The topological polar surface area (TPSA) is 64.3 Å². The molecule has 3 unspecified atom stereocenters. The molecule has 5 fully saturated rings. The van der Waals surface area contributed by atoms with E-state index in [4.69, 9.17) is 5.26 Å². The predicted molar refractivity (Wildman–Crippen MR) is 76.7 cm³/mol. The highest BCUT2D eigenvalue weighted by Crippen LogP contribution is 2.60. The van der Waals surface area contributed by atoms with Gasteiger partial charge in [-0.3, -0.25) is 4.79 Å². The van der Waals surface area contributed by atoms with Crippen LogP contribution in [0.3, 0.4) is 0 Å². The Morgan fingerprint density at radius 3 is 2.71 bits per heavy atom. The molecular weight excluding hydrogens is 264 g/mol. The van der Waals surface area contributed by atoms with E-state index < -0.39 is 5.60 Å². The number of amides is 1. The summed E-state index contributed by atoms with van der Waals surface area (Å²) in [7, 11) is 0. The SMILES string of the molecule is N#C[C@@H]1CCCN1C(=O)CC1[C]2CC3CC(C2)CC1(O)C3. The fourth-order valence-corrected chi connectivity index (χ4v) is 5.63. The van der Waals surface area contributed by atoms with Gasteiger partial charge in [-0.1, -0.05) is 0 Å². The second-order valence-corrected chi connectivity index (χ2v) is 7.68. The number of carbonyl (C=O) groups excluding carboxylic acids is 1. The third kappa shape index (κ3) is 2.09. The third-order valence-electron chi connectivity index (χ3n) is 6.30. The lowest BCUT2D eigenvalue weighted by atomic mass is 9.49. The number of likely N-dealkylation sites (tertiary alicyclic amines) is 1. The maximum atomic E-state index is 12.6. The molecule has 5 rings (SSSR count). The Kier molecular flexibility index (Phi) is 3.04. The van der Waals surface area contributed by atoms with Crippen molar-refractivity contribution in [3.8, 4) is 6.07 Å². The molecule has 1 heterocycles. The monoisotopic (exact) mass is 287 g/mol. The standard InChI is InChI=1S/C17H23N2O2/c18-10-14-2-1-3-19(14)16(20)7-15-13-5-11-4-12(6-13)9-17(15,21)8-11/h11-12,14-15,21H,1-9H2/t11?,12?,14-,15?,17?/m0/s1. The summed E-state index contributed by atoms with van der Waals surface area (Å²) >= 11 is 0. The van der Waals surface area contributed by atoms with E-state index in [0.717, 1.165) is 38.5 Å². The molecule has 0 spiro atoms. The van der Waals surface area contributed by atoms with Gasteiger partial charge in [-0.25, -0.2) is 0 Å². The summed E-state index contributed by atoms with van der Waals surface area (Å²) in [6.45, 7) is 0.711. The van der Waals surface area contributed by atoms with Gasteiger partial charge >= 0.3 is 0 Å². The van der Waals surface area contributed by atoms with Gasteiger partial charge in [0.05, 0.1) is 11.7 Å². The van der Waals surface area contributed by atoms with Gasteiger partial charge in [0.15, 0.2) is 0 Å². The average Bonchev–Trinajstić information content (AvgIpc) is 2.90. The Balaban J connectivity index is 1.49. The Hall–Kier alpha value is -1.08. The Bertz CT molecular complexity index is 484. The summed E-state index contributed by atoms with van der Waals surface area (Å²) in [6, 6.07) is 2.00. The van der Waals surface area contributed by atoms with Crippen molar-refractivity contribution < 1.29 is 9.90 Å². The molecule has 1 aliphatic heterocycles. The Morgan fingerprint density at radius 2 is 2.10 bits per heavy atom. The van der Waals surface area contributed by atoms with Crippen molar-refractivity contribution in [3.05, 3.63) is 5.92 Å². The summed E-state index contributed by atoms with van der Waals surface area (Å²) in [5.41, 5.74) is -0.628. The minimum atomic E-state index is -0.628. The molecule has 4 nitrogen and oxygen atoms in total. The van der Waals surface area contributed by atoms with E-state index in [2.05, 4.69) is 6.07 Å². The fourth-order valence-electron chi connectivity index (χ4n) is 5.63. The van der Waals surface area contributed by atoms with Crippen LogP contribution in [-0.4, -0.2) is 34.1 Å². The molecule has 4 heteroatoms. The summed E-state index contributed by atoms with van der Waals surface area (Å²) in [6.07, 6.45) is 7.44. The molecule has 4 bridgehead atoms. The van der Waals surface area contributed by atoms with Crippen LogP contribution in [0.1, 0.15) is 51.4 Å². The molecule has 4 aliphatic carbocycles. The van der Waals surface area contributed by atoms with Crippen molar-refractivity contribution in [3.63, 3.8) is 0 Å².